The maximum Gasteiger partial charge on any atom is 0.0351 e. The summed E-state index contributed by atoms with van der Waals surface area (Å²) in [6, 6.07) is 0. The molecule has 0 rings (SSSR count). The fourth-order valence-electron chi connectivity index (χ4n) is 1.08. The third-order valence-corrected chi connectivity index (χ3v) is 2.97. The molecule has 0 aliphatic rings. The van der Waals surface area contributed by atoms with Gasteiger partial charge in [-0.3, -0.25) is 0 Å². The van der Waals surface area contributed by atoms with Gasteiger partial charge in [0.1, 0.15) is 0 Å². The van der Waals surface area contributed by atoms with E-state index in [9.17, 15) is 0 Å². The molecule has 0 saturated heterocycles. The molecule has 0 unspecified atom stereocenters. The topological polar surface area (TPSA) is 3.24 Å². The quantitative estimate of drug-likeness (QED) is 0.447. The molecule has 0 aliphatic carbocycles. The molecule has 74 valence electrons. The van der Waals surface area contributed by atoms with Crippen LogP contribution in [0.15, 0.2) is 0 Å². The summed E-state index contributed by atoms with van der Waals surface area (Å²) >= 11 is 7.69. The molecule has 0 radical (unpaired) electrons. The minimum Gasteiger partial charge on any atom is -0.302 e. The lowest BCUT2D eigenvalue weighted by Crippen LogP contribution is -2.26. The Kier molecular flexibility index (Phi) is 10.2. The van der Waals surface area contributed by atoms with Crippen molar-refractivity contribution in [1.82, 2.24) is 4.90 Å². The second kappa shape index (κ2) is 9.69. The second-order valence-corrected chi connectivity index (χ2v) is 4.45. The number of thioether (sulfide) groups is 1. The van der Waals surface area contributed by atoms with Crippen LogP contribution in [0.2, 0.25) is 0 Å². The molecule has 0 amide bonds. The number of halogens is 1. The molecule has 0 N–H and O–H groups in total. The number of hydrogen-bond acceptors (Lipinski definition) is 2. The van der Waals surface area contributed by atoms with Gasteiger partial charge in [-0.25, -0.2) is 0 Å². The number of alkyl halides is 1. The first-order chi connectivity index (χ1) is 5.85. The summed E-state index contributed by atoms with van der Waals surface area (Å²) in [5.41, 5.74) is 0. The highest BCUT2D eigenvalue weighted by molar-refractivity contribution is 7.99. The molecular formula is C9H20ClNS. The minimum absolute atomic E-state index is 0.759. The fourth-order valence-corrected chi connectivity index (χ4v) is 1.94. The maximum absolute atomic E-state index is 5.67. The Morgan fingerprint density at radius 2 is 2.00 bits per heavy atom. The summed E-state index contributed by atoms with van der Waals surface area (Å²) in [4.78, 5) is 2.41. The Balaban J connectivity index is 3.19. The van der Waals surface area contributed by atoms with Crippen molar-refractivity contribution >= 4 is 23.4 Å². The van der Waals surface area contributed by atoms with Crippen LogP contribution in [0.1, 0.15) is 20.3 Å². The lowest BCUT2D eigenvalue weighted by Gasteiger charge is -2.18. The Morgan fingerprint density at radius 3 is 2.50 bits per heavy atom. The van der Waals surface area contributed by atoms with Gasteiger partial charge in [0, 0.05) is 12.4 Å². The fraction of sp³-hybridized carbons (Fsp3) is 1.00. The molecule has 0 heterocycles. The van der Waals surface area contributed by atoms with Gasteiger partial charge in [0.25, 0.3) is 0 Å². The molecule has 0 atom stereocenters. The van der Waals surface area contributed by atoms with Crippen LogP contribution < -0.4 is 0 Å². The van der Waals surface area contributed by atoms with Gasteiger partial charge in [0.05, 0.1) is 0 Å². The maximum atomic E-state index is 5.67. The summed E-state index contributed by atoms with van der Waals surface area (Å²) in [5, 5.41) is 0. The van der Waals surface area contributed by atoms with Crippen LogP contribution in [0.5, 0.6) is 0 Å². The van der Waals surface area contributed by atoms with E-state index in [2.05, 4.69) is 18.7 Å². The highest BCUT2D eigenvalue weighted by atomic mass is 35.5. The largest absolute Gasteiger partial charge is 0.302 e. The van der Waals surface area contributed by atoms with Crippen LogP contribution in [0, 0.1) is 0 Å². The van der Waals surface area contributed by atoms with Crippen LogP contribution in [-0.4, -0.2) is 41.9 Å². The van der Waals surface area contributed by atoms with Crippen LogP contribution in [0.3, 0.4) is 0 Å². The normalized spacial score (nSPS) is 11.0. The molecule has 0 fully saturated rings. The highest BCUT2D eigenvalue weighted by Gasteiger charge is 1.99. The molecule has 0 bridgehead atoms. The first-order valence-electron chi connectivity index (χ1n) is 4.71. The van der Waals surface area contributed by atoms with Crippen molar-refractivity contribution in [3.8, 4) is 0 Å². The van der Waals surface area contributed by atoms with Crippen LogP contribution in [0.25, 0.3) is 0 Å². The van der Waals surface area contributed by atoms with Crippen molar-refractivity contribution in [2.45, 2.75) is 20.3 Å². The van der Waals surface area contributed by atoms with Gasteiger partial charge in [0.15, 0.2) is 0 Å². The Morgan fingerprint density at radius 1 is 1.25 bits per heavy atom. The van der Waals surface area contributed by atoms with Crippen molar-refractivity contribution < 1.29 is 0 Å². The molecular weight excluding hydrogens is 190 g/mol. The lowest BCUT2D eigenvalue weighted by atomic mass is 10.4. The Hall–Kier alpha value is 0.600. The molecule has 0 aromatic rings. The minimum atomic E-state index is 0.759. The van der Waals surface area contributed by atoms with E-state index >= 15 is 0 Å². The third kappa shape index (κ3) is 7.26. The molecule has 0 aromatic heterocycles. The van der Waals surface area contributed by atoms with Gasteiger partial charge >= 0.3 is 0 Å². The SMILES string of the molecule is CCSCCCN(CC)CCCl. The molecule has 0 saturated carbocycles. The molecule has 0 aromatic carbocycles. The monoisotopic (exact) mass is 209 g/mol. The predicted molar refractivity (Wildman–Crippen MR) is 60.5 cm³/mol. The molecule has 0 spiro atoms. The molecule has 3 heteroatoms. The average molecular weight is 210 g/mol. The van der Waals surface area contributed by atoms with Crippen LogP contribution in [0.4, 0.5) is 0 Å². The zero-order valence-electron chi connectivity index (χ0n) is 8.18. The Bertz CT molecular complexity index is 90.6. The first-order valence-corrected chi connectivity index (χ1v) is 6.40. The van der Waals surface area contributed by atoms with E-state index < -0.39 is 0 Å². The highest BCUT2D eigenvalue weighted by Crippen LogP contribution is 2.02. The summed E-state index contributed by atoms with van der Waals surface area (Å²) in [5.74, 6) is 3.28. The standard InChI is InChI=1S/C9H20ClNS/c1-3-11(8-6-10)7-5-9-12-4-2/h3-9H2,1-2H3. The van der Waals surface area contributed by atoms with Gasteiger partial charge in [0.2, 0.25) is 0 Å². The zero-order valence-corrected chi connectivity index (χ0v) is 9.76. The van der Waals surface area contributed by atoms with Crippen LogP contribution >= 0.6 is 23.4 Å². The number of nitrogens with zero attached hydrogens (tertiary/aromatic N) is 1. The van der Waals surface area contributed by atoms with E-state index in [-0.39, 0.29) is 0 Å². The van der Waals surface area contributed by atoms with E-state index in [1.54, 1.807) is 0 Å². The van der Waals surface area contributed by atoms with Crippen molar-refractivity contribution in [1.29, 1.82) is 0 Å². The van der Waals surface area contributed by atoms with Gasteiger partial charge < -0.3 is 4.90 Å². The van der Waals surface area contributed by atoms with Crippen LogP contribution in [-0.2, 0) is 0 Å². The van der Waals surface area contributed by atoms with E-state index in [0.29, 0.717) is 0 Å². The summed E-state index contributed by atoms with van der Waals surface area (Å²) < 4.78 is 0. The third-order valence-electron chi connectivity index (χ3n) is 1.82. The second-order valence-electron chi connectivity index (χ2n) is 2.67. The number of rotatable bonds is 8. The van der Waals surface area contributed by atoms with Gasteiger partial charge in [-0.15, -0.1) is 11.6 Å². The summed E-state index contributed by atoms with van der Waals surface area (Å²) in [6.45, 7) is 7.77. The van der Waals surface area contributed by atoms with Crippen molar-refractivity contribution in [3.05, 3.63) is 0 Å². The van der Waals surface area contributed by atoms with E-state index in [1.165, 1.54) is 24.5 Å². The summed E-state index contributed by atoms with van der Waals surface area (Å²) in [6.07, 6.45) is 1.29. The van der Waals surface area contributed by atoms with Gasteiger partial charge in [-0.05, 0) is 31.0 Å². The molecule has 0 aliphatic heterocycles. The summed E-state index contributed by atoms with van der Waals surface area (Å²) in [7, 11) is 0. The number of hydrogen-bond donors (Lipinski definition) is 0. The Labute approximate surface area is 85.8 Å². The first kappa shape index (κ1) is 12.6. The molecule has 1 nitrogen and oxygen atoms in total. The molecule has 12 heavy (non-hydrogen) atoms. The smallest absolute Gasteiger partial charge is 0.0351 e. The van der Waals surface area contributed by atoms with Crippen molar-refractivity contribution in [3.63, 3.8) is 0 Å². The van der Waals surface area contributed by atoms with Crippen molar-refractivity contribution in [2.75, 3.05) is 37.0 Å². The van der Waals surface area contributed by atoms with Gasteiger partial charge in [-0.1, -0.05) is 13.8 Å². The van der Waals surface area contributed by atoms with E-state index in [4.69, 9.17) is 11.6 Å². The van der Waals surface area contributed by atoms with E-state index in [0.717, 1.165) is 19.0 Å². The van der Waals surface area contributed by atoms with Gasteiger partial charge in [-0.2, -0.15) is 11.8 Å². The van der Waals surface area contributed by atoms with E-state index in [1.807, 2.05) is 11.8 Å². The predicted octanol–water partition coefficient (Wildman–Crippen LogP) is 2.69. The average Bonchev–Trinajstić information content (AvgIpc) is 2.10. The lowest BCUT2D eigenvalue weighted by molar-refractivity contribution is 0.307. The zero-order chi connectivity index (χ0) is 9.23. The van der Waals surface area contributed by atoms with Crippen molar-refractivity contribution in [2.24, 2.45) is 0 Å².